The number of alkyl halides is 6. The summed E-state index contributed by atoms with van der Waals surface area (Å²) in [5, 5.41) is 0. The highest BCUT2D eigenvalue weighted by molar-refractivity contribution is 5.90. The maximum atomic E-state index is 12.6. The van der Waals surface area contributed by atoms with Crippen molar-refractivity contribution in [3.63, 3.8) is 0 Å². The van der Waals surface area contributed by atoms with Crippen molar-refractivity contribution >= 4 is 17.7 Å². The lowest BCUT2D eigenvalue weighted by Gasteiger charge is -2.10. The molecule has 2 rings (SSSR count). The molecule has 0 aliphatic heterocycles. The van der Waals surface area contributed by atoms with E-state index in [0.29, 0.717) is 0 Å². The Bertz CT molecular complexity index is 980. The lowest BCUT2D eigenvalue weighted by atomic mass is 10.1. The number of rotatable bonds is 5. The number of halogens is 6. The van der Waals surface area contributed by atoms with Gasteiger partial charge in [-0.05, 0) is 37.3 Å². The molecule has 0 fully saturated rings. The highest BCUT2D eigenvalue weighted by Gasteiger charge is 2.31. The van der Waals surface area contributed by atoms with Crippen LogP contribution in [0.2, 0.25) is 0 Å². The Kier molecular flexibility index (Phi) is 9.96. The number of carbonyl (C=O) groups is 2. The Morgan fingerprint density at radius 2 is 1.30 bits per heavy atom. The number of methoxy groups -OCH3 is 2. The van der Waals surface area contributed by atoms with E-state index < -0.39 is 35.4 Å². The van der Waals surface area contributed by atoms with E-state index in [4.69, 9.17) is 4.74 Å². The molecule has 0 saturated heterocycles. The van der Waals surface area contributed by atoms with Gasteiger partial charge in [0.25, 0.3) is 0 Å². The van der Waals surface area contributed by atoms with E-state index in [-0.39, 0.29) is 23.5 Å². The molecule has 0 saturated carbocycles. The van der Waals surface area contributed by atoms with Gasteiger partial charge in [0.15, 0.2) is 0 Å². The van der Waals surface area contributed by atoms with E-state index in [0.717, 1.165) is 43.5 Å². The standard InChI is InChI=1S/C13H13F3O3.C9H7F3O2/c1-3-19-12(17)8-11(18-2)9-5-4-6-10(7-9)13(14,15)16;1-14-8(13)6-3-2-4-7(5-6)9(10,11)12/h4-8H,3H2,1-2H3;2-5H,1H3. The smallest absolute Gasteiger partial charge is 0.416 e. The number of hydrogen-bond acceptors (Lipinski definition) is 5. The first-order valence-electron chi connectivity index (χ1n) is 9.19. The van der Waals surface area contributed by atoms with Gasteiger partial charge in [-0.15, -0.1) is 0 Å². The summed E-state index contributed by atoms with van der Waals surface area (Å²) in [6.45, 7) is 1.80. The maximum absolute atomic E-state index is 12.6. The van der Waals surface area contributed by atoms with Crippen LogP contribution >= 0.6 is 0 Å². The fourth-order valence-corrected chi connectivity index (χ4v) is 2.34. The lowest BCUT2D eigenvalue weighted by Crippen LogP contribution is -2.08. The van der Waals surface area contributed by atoms with E-state index in [1.807, 2.05) is 0 Å². The van der Waals surface area contributed by atoms with Gasteiger partial charge in [-0.2, -0.15) is 26.3 Å². The van der Waals surface area contributed by atoms with Crippen LogP contribution in [0, 0.1) is 0 Å². The molecule has 0 heterocycles. The van der Waals surface area contributed by atoms with E-state index in [9.17, 15) is 35.9 Å². The van der Waals surface area contributed by atoms with Crippen LogP contribution in [-0.2, 0) is 31.4 Å². The molecule has 2 aromatic rings. The normalized spacial score (nSPS) is 11.7. The Morgan fingerprint density at radius 1 is 0.818 bits per heavy atom. The Balaban J connectivity index is 0.000000346. The van der Waals surface area contributed by atoms with Gasteiger partial charge in [-0.3, -0.25) is 0 Å². The molecule has 180 valence electrons. The summed E-state index contributed by atoms with van der Waals surface area (Å²) in [5.41, 5.74) is -1.62. The number of esters is 2. The second-order valence-electron chi connectivity index (χ2n) is 6.11. The quantitative estimate of drug-likeness (QED) is 0.237. The molecular weight excluding hydrogens is 458 g/mol. The molecule has 5 nitrogen and oxygen atoms in total. The molecule has 0 bridgehead atoms. The first-order chi connectivity index (χ1) is 15.3. The van der Waals surface area contributed by atoms with Gasteiger partial charge >= 0.3 is 24.3 Å². The Hall–Kier alpha value is -3.50. The van der Waals surface area contributed by atoms with Gasteiger partial charge in [0.05, 0.1) is 43.6 Å². The molecule has 2 aromatic carbocycles. The third-order valence-electron chi connectivity index (χ3n) is 3.84. The van der Waals surface area contributed by atoms with Crippen molar-refractivity contribution in [2.45, 2.75) is 19.3 Å². The average Bonchev–Trinajstić information content (AvgIpc) is 2.76. The summed E-state index contributed by atoms with van der Waals surface area (Å²) in [7, 11) is 2.38. The molecule has 0 aliphatic carbocycles. The van der Waals surface area contributed by atoms with E-state index in [2.05, 4.69) is 9.47 Å². The van der Waals surface area contributed by atoms with Gasteiger partial charge in [-0.1, -0.05) is 18.2 Å². The van der Waals surface area contributed by atoms with Crippen molar-refractivity contribution in [2.75, 3.05) is 20.8 Å². The molecule has 0 unspecified atom stereocenters. The zero-order chi connectivity index (χ0) is 25.2. The molecule has 0 amide bonds. The number of carbonyl (C=O) groups excluding carboxylic acids is 2. The van der Waals surface area contributed by atoms with Crippen LogP contribution in [-0.4, -0.2) is 32.8 Å². The predicted molar refractivity (Wildman–Crippen MR) is 106 cm³/mol. The summed E-state index contributed by atoms with van der Waals surface area (Å²) in [4.78, 5) is 22.2. The van der Waals surface area contributed by atoms with Crippen molar-refractivity contribution in [1.82, 2.24) is 0 Å². The SMILES string of the molecule is CCOC(=O)C=C(OC)c1cccc(C(F)(F)F)c1.COC(=O)c1cccc(C(F)(F)F)c1. The van der Waals surface area contributed by atoms with E-state index in [1.54, 1.807) is 6.92 Å². The van der Waals surface area contributed by atoms with Gasteiger partial charge in [0, 0.05) is 5.56 Å². The first-order valence-corrected chi connectivity index (χ1v) is 9.19. The average molecular weight is 478 g/mol. The van der Waals surface area contributed by atoms with Crippen LogP contribution in [0.5, 0.6) is 0 Å². The molecule has 11 heteroatoms. The van der Waals surface area contributed by atoms with Crippen LogP contribution in [0.25, 0.3) is 5.76 Å². The number of ether oxygens (including phenoxy) is 3. The zero-order valence-electron chi connectivity index (χ0n) is 17.7. The van der Waals surface area contributed by atoms with E-state index >= 15 is 0 Å². The topological polar surface area (TPSA) is 61.8 Å². The lowest BCUT2D eigenvalue weighted by molar-refractivity contribution is -0.138. The first kappa shape index (κ1) is 27.5. The number of hydrogen-bond donors (Lipinski definition) is 0. The molecule has 0 radical (unpaired) electrons. The summed E-state index contributed by atoms with van der Waals surface area (Å²) >= 11 is 0. The molecule has 0 aromatic heterocycles. The minimum Gasteiger partial charge on any atom is -0.496 e. The summed E-state index contributed by atoms with van der Waals surface area (Å²) in [6, 6.07) is 8.60. The van der Waals surface area contributed by atoms with Crippen molar-refractivity contribution < 1.29 is 50.1 Å². The molecular formula is C22H20F6O5. The molecule has 33 heavy (non-hydrogen) atoms. The van der Waals surface area contributed by atoms with E-state index in [1.165, 1.54) is 25.3 Å². The Labute approximate surface area is 185 Å². The second kappa shape index (κ2) is 11.9. The van der Waals surface area contributed by atoms with Crippen LogP contribution in [0.1, 0.15) is 34.0 Å². The van der Waals surface area contributed by atoms with Crippen LogP contribution in [0.3, 0.4) is 0 Å². The molecule has 0 aliphatic rings. The fourth-order valence-electron chi connectivity index (χ4n) is 2.34. The predicted octanol–water partition coefficient (Wildman–Crippen LogP) is 5.75. The van der Waals surface area contributed by atoms with Gasteiger partial charge < -0.3 is 14.2 Å². The summed E-state index contributed by atoms with van der Waals surface area (Å²) in [5.74, 6) is -1.43. The van der Waals surface area contributed by atoms with Crippen LogP contribution < -0.4 is 0 Å². The van der Waals surface area contributed by atoms with Crippen molar-refractivity contribution in [3.8, 4) is 0 Å². The zero-order valence-corrected chi connectivity index (χ0v) is 17.7. The third kappa shape index (κ3) is 8.87. The maximum Gasteiger partial charge on any atom is 0.416 e. The minimum atomic E-state index is -4.45. The van der Waals surface area contributed by atoms with Gasteiger partial charge in [0.1, 0.15) is 5.76 Å². The summed E-state index contributed by atoms with van der Waals surface area (Å²) < 4.78 is 88.1. The number of benzene rings is 2. The summed E-state index contributed by atoms with van der Waals surface area (Å²) in [6.07, 6.45) is -7.87. The van der Waals surface area contributed by atoms with Crippen molar-refractivity contribution in [2.24, 2.45) is 0 Å². The monoisotopic (exact) mass is 478 g/mol. The largest absolute Gasteiger partial charge is 0.496 e. The molecule has 0 spiro atoms. The highest BCUT2D eigenvalue weighted by atomic mass is 19.4. The van der Waals surface area contributed by atoms with Crippen molar-refractivity contribution in [1.29, 1.82) is 0 Å². The molecule has 0 N–H and O–H groups in total. The Morgan fingerprint density at radius 3 is 1.73 bits per heavy atom. The van der Waals surface area contributed by atoms with Crippen LogP contribution in [0.15, 0.2) is 54.6 Å². The highest BCUT2D eigenvalue weighted by Crippen LogP contribution is 2.31. The van der Waals surface area contributed by atoms with Crippen LogP contribution in [0.4, 0.5) is 26.3 Å². The van der Waals surface area contributed by atoms with Gasteiger partial charge in [-0.25, -0.2) is 9.59 Å². The minimum absolute atomic E-state index is 0.0181. The van der Waals surface area contributed by atoms with Crippen molar-refractivity contribution in [3.05, 3.63) is 76.9 Å². The fraction of sp³-hybridized carbons (Fsp3) is 0.273. The molecule has 0 atom stereocenters. The second-order valence-corrected chi connectivity index (χ2v) is 6.11. The third-order valence-corrected chi connectivity index (χ3v) is 3.84. The van der Waals surface area contributed by atoms with Gasteiger partial charge in [0.2, 0.25) is 0 Å².